The van der Waals surface area contributed by atoms with Crippen molar-refractivity contribution >= 4 is 41.1 Å². The van der Waals surface area contributed by atoms with Crippen LogP contribution in [0.15, 0.2) is 23.0 Å². The third kappa shape index (κ3) is 4.17. The molecule has 1 heterocycles. The first-order chi connectivity index (χ1) is 10.9. The second-order valence-electron chi connectivity index (χ2n) is 4.85. The number of aromatic nitrogens is 1. The Bertz CT molecular complexity index is 904. The van der Waals surface area contributed by atoms with Crippen molar-refractivity contribution in [1.29, 1.82) is 0 Å². The number of hydrogen-bond acceptors (Lipinski definition) is 5. The number of aryl methyl sites for hydroxylation is 2. The first-order valence-electron chi connectivity index (χ1n) is 6.78. The quantitative estimate of drug-likeness (QED) is 0.798. The van der Waals surface area contributed by atoms with Crippen LogP contribution < -0.4 is 20.1 Å². The lowest BCUT2D eigenvalue weighted by Crippen LogP contribution is -2.21. The summed E-state index contributed by atoms with van der Waals surface area (Å²) in [6.07, 6.45) is 2.37. The van der Waals surface area contributed by atoms with Crippen LogP contribution in [0.1, 0.15) is 11.1 Å². The van der Waals surface area contributed by atoms with Gasteiger partial charge in [-0.1, -0.05) is 18.2 Å². The predicted molar refractivity (Wildman–Crippen MR) is 89.7 cm³/mol. The van der Waals surface area contributed by atoms with Gasteiger partial charge in [-0.3, -0.25) is 9.59 Å². The van der Waals surface area contributed by atoms with E-state index in [-0.39, 0.29) is 10.4 Å². The second kappa shape index (κ2) is 7.06. The van der Waals surface area contributed by atoms with E-state index in [1.807, 2.05) is 32.0 Å². The molecule has 0 aliphatic carbocycles. The molecular weight excluding hydrogens is 316 g/mol. The van der Waals surface area contributed by atoms with Gasteiger partial charge in [0.2, 0.25) is 0 Å². The minimum Gasteiger partial charge on any atom is -0.466 e. The number of nitrogens with one attached hydrogen (secondary N) is 2. The lowest BCUT2D eigenvalue weighted by Gasteiger charge is -2.09. The summed E-state index contributed by atoms with van der Waals surface area (Å²) >= 11 is 1.01. The summed E-state index contributed by atoms with van der Waals surface area (Å²) in [5.74, 6) is -0.978. The first-order valence-corrected chi connectivity index (χ1v) is 7.60. The Kier molecular flexibility index (Phi) is 5.13. The number of aromatic amines is 1. The molecule has 0 saturated carbocycles. The molecule has 2 rings (SSSR count). The summed E-state index contributed by atoms with van der Waals surface area (Å²) in [5.41, 5.74) is 2.21. The van der Waals surface area contributed by atoms with Gasteiger partial charge in [-0.25, -0.2) is 4.79 Å². The number of H-pyrrole nitrogens is 1. The Balaban J connectivity index is 2.31. The number of benzene rings is 1. The molecule has 0 aliphatic rings. The van der Waals surface area contributed by atoms with E-state index in [0.29, 0.717) is 4.66 Å². The number of rotatable bonds is 3. The number of carbonyl (C=O) groups is 2. The number of esters is 1. The van der Waals surface area contributed by atoms with Gasteiger partial charge in [0.25, 0.3) is 11.5 Å². The number of anilines is 1. The lowest BCUT2D eigenvalue weighted by molar-refractivity contribution is -0.133. The maximum absolute atomic E-state index is 12.1. The molecule has 1 aromatic carbocycles. The molecule has 2 aromatic rings. The summed E-state index contributed by atoms with van der Waals surface area (Å²) in [4.78, 5) is 37.5. The van der Waals surface area contributed by atoms with E-state index < -0.39 is 11.5 Å². The van der Waals surface area contributed by atoms with E-state index in [1.165, 1.54) is 13.2 Å². The van der Waals surface area contributed by atoms with Gasteiger partial charge < -0.3 is 15.0 Å². The fourth-order valence-electron chi connectivity index (χ4n) is 1.98. The average molecular weight is 332 g/mol. The van der Waals surface area contributed by atoms with Gasteiger partial charge in [0.1, 0.15) is 9.20 Å². The molecule has 0 saturated heterocycles. The zero-order valence-corrected chi connectivity index (χ0v) is 13.7. The zero-order chi connectivity index (χ0) is 17.0. The molecule has 0 unspecified atom stereocenters. The number of para-hydroxylation sites is 1. The lowest BCUT2D eigenvalue weighted by atomic mass is 10.1. The monoisotopic (exact) mass is 332 g/mol. The van der Waals surface area contributed by atoms with Gasteiger partial charge in [-0.15, -0.1) is 11.3 Å². The highest BCUT2D eigenvalue weighted by molar-refractivity contribution is 7.07. The number of carbonyl (C=O) groups excluding carboxylic acids is 2. The number of amides is 1. The summed E-state index contributed by atoms with van der Waals surface area (Å²) in [6.45, 7) is 3.80. The van der Waals surface area contributed by atoms with Crippen LogP contribution in [0.4, 0.5) is 5.69 Å². The summed E-state index contributed by atoms with van der Waals surface area (Å²) in [5, 5.41) is 2.80. The molecule has 0 radical (unpaired) electrons. The molecule has 0 spiro atoms. The van der Waals surface area contributed by atoms with E-state index >= 15 is 0 Å². The number of ether oxygens (including phenoxy) is 1. The number of thiazole rings is 1. The fraction of sp³-hybridized carbons (Fsp3) is 0.188. The van der Waals surface area contributed by atoms with Gasteiger partial charge in [0.15, 0.2) is 0 Å². The van der Waals surface area contributed by atoms with Crippen LogP contribution in [-0.2, 0) is 14.3 Å². The van der Waals surface area contributed by atoms with E-state index in [1.54, 1.807) is 0 Å². The average Bonchev–Trinajstić information content (AvgIpc) is 2.82. The van der Waals surface area contributed by atoms with Crippen LogP contribution in [0, 0.1) is 13.8 Å². The van der Waals surface area contributed by atoms with Crippen molar-refractivity contribution in [2.45, 2.75) is 13.8 Å². The molecule has 2 N–H and O–H groups in total. The van der Waals surface area contributed by atoms with Crippen molar-refractivity contribution in [3.8, 4) is 0 Å². The van der Waals surface area contributed by atoms with Crippen molar-refractivity contribution in [1.82, 2.24) is 4.98 Å². The minimum absolute atomic E-state index is 0.183. The Hall–Kier alpha value is -2.67. The van der Waals surface area contributed by atoms with Gasteiger partial charge in [0, 0.05) is 17.8 Å². The smallest absolute Gasteiger partial charge is 0.332 e. The molecule has 1 aromatic heterocycles. The van der Waals surface area contributed by atoms with Crippen molar-refractivity contribution in [3.63, 3.8) is 0 Å². The molecule has 1 amide bonds. The SMILES string of the molecule is COC(=O)/C=c1\s/c(=C/C(=O)Nc2c(C)cccc2C)[nH]c1=O. The van der Waals surface area contributed by atoms with Crippen LogP contribution >= 0.6 is 11.3 Å². The summed E-state index contributed by atoms with van der Waals surface area (Å²) < 4.78 is 5.01. The minimum atomic E-state index is -0.621. The van der Waals surface area contributed by atoms with Crippen LogP contribution in [0.5, 0.6) is 0 Å². The molecule has 0 aliphatic heterocycles. The largest absolute Gasteiger partial charge is 0.466 e. The van der Waals surface area contributed by atoms with E-state index in [2.05, 4.69) is 15.0 Å². The van der Waals surface area contributed by atoms with Crippen LogP contribution in [-0.4, -0.2) is 24.0 Å². The standard InChI is InChI=1S/C16H16N2O4S/c1-9-5-4-6-10(2)15(9)17-12(19)8-13-18-16(21)11(23-13)7-14(20)22-3/h4-8H,1-3H3,(H,17,19)(H,18,21)/b11-7-,13-8+. The van der Waals surface area contributed by atoms with Gasteiger partial charge in [-0.2, -0.15) is 0 Å². The third-order valence-corrected chi connectivity index (χ3v) is 4.09. The maximum atomic E-state index is 12.1. The molecular formula is C16H16N2O4S. The third-order valence-electron chi connectivity index (χ3n) is 3.12. The highest BCUT2D eigenvalue weighted by Gasteiger charge is 2.06. The maximum Gasteiger partial charge on any atom is 0.332 e. The van der Waals surface area contributed by atoms with Crippen LogP contribution in [0.2, 0.25) is 0 Å². The highest BCUT2D eigenvalue weighted by Crippen LogP contribution is 2.19. The molecule has 0 bridgehead atoms. The number of methoxy groups -OCH3 is 1. The highest BCUT2D eigenvalue weighted by atomic mass is 32.1. The van der Waals surface area contributed by atoms with Gasteiger partial charge in [0.05, 0.1) is 7.11 Å². The zero-order valence-electron chi connectivity index (χ0n) is 12.9. The summed E-state index contributed by atoms with van der Waals surface area (Å²) in [6, 6.07) is 5.72. The topological polar surface area (TPSA) is 88.3 Å². The molecule has 0 atom stereocenters. The predicted octanol–water partition coefficient (Wildman–Crippen LogP) is 0.426. The van der Waals surface area contributed by atoms with Gasteiger partial charge >= 0.3 is 5.97 Å². The molecule has 0 fully saturated rings. The van der Waals surface area contributed by atoms with Crippen molar-refractivity contribution < 1.29 is 14.3 Å². The number of hydrogen-bond donors (Lipinski definition) is 2. The van der Waals surface area contributed by atoms with E-state index in [0.717, 1.165) is 34.2 Å². The Labute approximate surface area is 136 Å². The van der Waals surface area contributed by atoms with Crippen LogP contribution in [0.3, 0.4) is 0 Å². The fourth-order valence-corrected chi connectivity index (χ4v) is 2.83. The summed E-state index contributed by atoms with van der Waals surface area (Å²) in [7, 11) is 1.23. The van der Waals surface area contributed by atoms with E-state index in [4.69, 9.17) is 0 Å². The van der Waals surface area contributed by atoms with Crippen molar-refractivity contribution in [3.05, 3.63) is 48.9 Å². The Morgan fingerprint density at radius 1 is 1.22 bits per heavy atom. The normalized spacial score (nSPS) is 12.3. The Morgan fingerprint density at radius 2 is 1.87 bits per heavy atom. The van der Waals surface area contributed by atoms with Crippen LogP contribution in [0.25, 0.3) is 12.2 Å². The first kappa shape index (κ1) is 16.7. The van der Waals surface area contributed by atoms with Gasteiger partial charge in [-0.05, 0) is 25.0 Å². The molecule has 120 valence electrons. The second-order valence-corrected chi connectivity index (χ2v) is 5.94. The van der Waals surface area contributed by atoms with Crippen molar-refractivity contribution in [2.75, 3.05) is 12.4 Å². The van der Waals surface area contributed by atoms with E-state index in [9.17, 15) is 14.4 Å². The molecule has 7 heteroatoms. The molecule has 6 nitrogen and oxygen atoms in total. The molecule has 23 heavy (non-hydrogen) atoms. The Morgan fingerprint density at radius 3 is 2.48 bits per heavy atom. The van der Waals surface area contributed by atoms with Crippen molar-refractivity contribution in [2.24, 2.45) is 0 Å².